The molecule has 0 bridgehead atoms. The van der Waals surface area contributed by atoms with Crippen molar-refractivity contribution in [3.05, 3.63) is 0 Å². The van der Waals surface area contributed by atoms with Crippen LogP contribution in [0, 0.1) is 44.1 Å². The first-order valence-electron chi connectivity index (χ1n) is 5.26. The second-order valence-corrected chi connectivity index (χ2v) is 4.54. The van der Waals surface area contributed by atoms with Gasteiger partial charge in [-0.05, 0) is 19.8 Å². The summed E-state index contributed by atoms with van der Waals surface area (Å²) in [6, 6.07) is 0. The SMILES string of the molecule is CC1(O)CCCC2(CC(O)CCO2)O1.[Ac]. The molecule has 2 aliphatic rings. The minimum absolute atomic E-state index is 0. The molecule has 0 aromatic rings. The molecule has 4 nitrogen and oxygen atoms in total. The van der Waals surface area contributed by atoms with Gasteiger partial charge in [0, 0.05) is 63.3 Å². The molecule has 0 amide bonds. The standard InChI is InChI=1S/C10H18O4.Ac/c1-9(12)4-2-5-10(14-9)7-8(11)3-6-13-10;/h8,11-12H,2-7H2,1H3;. The van der Waals surface area contributed by atoms with E-state index in [9.17, 15) is 10.2 Å². The van der Waals surface area contributed by atoms with Crippen LogP contribution in [0.25, 0.3) is 0 Å². The first-order chi connectivity index (χ1) is 6.52. The molecule has 5 heteroatoms. The van der Waals surface area contributed by atoms with Crippen molar-refractivity contribution in [1.82, 2.24) is 0 Å². The second kappa shape index (κ2) is 5.29. The Bertz CT molecular complexity index is 217. The molecule has 0 saturated carbocycles. The van der Waals surface area contributed by atoms with Crippen LogP contribution in [0.4, 0.5) is 0 Å². The molecule has 2 fully saturated rings. The molecule has 0 aromatic carbocycles. The smallest absolute Gasteiger partial charge is 0.174 e. The van der Waals surface area contributed by atoms with E-state index in [0.29, 0.717) is 25.9 Å². The van der Waals surface area contributed by atoms with Gasteiger partial charge in [0.05, 0.1) is 12.7 Å². The molecule has 0 aromatic heterocycles. The van der Waals surface area contributed by atoms with Gasteiger partial charge in [-0.25, -0.2) is 0 Å². The average molecular weight is 429 g/mol. The summed E-state index contributed by atoms with van der Waals surface area (Å²) in [5, 5.41) is 19.3. The van der Waals surface area contributed by atoms with E-state index in [0.717, 1.165) is 12.8 Å². The third kappa shape index (κ3) is 3.62. The average Bonchev–Trinajstić information content (AvgIpc) is 2.00. The summed E-state index contributed by atoms with van der Waals surface area (Å²) >= 11 is 0. The molecular weight excluding hydrogens is 411 g/mol. The summed E-state index contributed by atoms with van der Waals surface area (Å²) in [5.41, 5.74) is 0. The van der Waals surface area contributed by atoms with Gasteiger partial charge in [-0.1, -0.05) is 0 Å². The summed E-state index contributed by atoms with van der Waals surface area (Å²) in [5.74, 6) is -1.84. The quantitative estimate of drug-likeness (QED) is 0.598. The maximum absolute atomic E-state index is 9.79. The summed E-state index contributed by atoms with van der Waals surface area (Å²) in [6.45, 7) is 2.16. The van der Waals surface area contributed by atoms with Crippen molar-refractivity contribution in [3.8, 4) is 0 Å². The van der Waals surface area contributed by atoms with E-state index in [2.05, 4.69) is 0 Å². The van der Waals surface area contributed by atoms with Crippen LogP contribution in [0.2, 0.25) is 0 Å². The Morgan fingerprint density at radius 1 is 1.33 bits per heavy atom. The molecule has 1 radical (unpaired) electrons. The number of aliphatic hydroxyl groups excluding tert-OH is 1. The number of aliphatic hydroxyl groups is 2. The molecule has 0 aliphatic carbocycles. The van der Waals surface area contributed by atoms with E-state index in [4.69, 9.17) is 9.47 Å². The molecule has 2 heterocycles. The van der Waals surface area contributed by atoms with Gasteiger partial charge >= 0.3 is 0 Å². The van der Waals surface area contributed by atoms with Crippen molar-refractivity contribution in [2.45, 2.75) is 56.7 Å². The van der Waals surface area contributed by atoms with Gasteiger partial charge in [-0.2, -0.15) is 0 Å². The molecule has 15 heavy (non-hydrogen) atoms. The van der Waals surface area contributed by atoms with Crippen LogP contribution in [-0.2, 0) is 9.47 Å². The van der Waals surface area contributed by atoms with E-state index in [1.165, 1.54) is 0 Å². The van der Waals surface area contributed by atoms with Crippen LogP contribution in [0.5, 0.6) is 0 Å². The summed E-state index contributed by atoms with van der Waals surface area (Å²) in [6.07, 6.45) is 3.04. The second-order valence-electron chi connectivity index (χ2n) is 4.54. The number of ether oxygens (including phenoxy) is 2. The first-order valence-corrected chi connectivity index (χ1v) is 5.26. The van der Waals surface area contributed by atoms with E-state index >= 15 is 0 Å². The Morgan fingerprint density at radius 3 is 2.67 bits per heavy atom. The molecular formula is C10H18AcO4. The zero-order chi connectivity index (χ0) is 10.2. The minimum Gasteiger partial charge on any atom is -0.393 e. The number of hydrogen-bond acceptors (Lipinski definition) is 4. The Morgan fingerprint density at radius 2 is 2.07 bits per heavy atom. The van der Waals surface area contributed by atoms with Crippen LogP contribution < -0.4 is 0 Å². The first kappa shape index (κ1) is 14.3. The summed E-state index contributed by atoms with van der Waals surface area (Å²) in [4.78, 5) is 0. The van der Waals surface area contributed by atoms with Gasteiger partial charge in [0.1, 0.15) is 0 Å². The van der Waals surface area contributed by atoms with Crippen LogP contribution in [0.3, 0.4) is 0 Å². The van der Waals surface area contributed by atoms with Crippen LogP contribution in [0.1, 0.15) is 39.0 Å². The molecule has 3 atom stereocenters. The molecule has 85 valence electrons. The molecule has 1 spiro atoms. The van der Waals surface area contributed by atoms with Crippen molar-refractivity contribution in [3.63, 3.8) is 0 Å². The van der Waals surface area contributed by atoms with Crippen molar-refractivity contribution >= 4 is 0 Å². The van der Waals surface area contributed by atoms with Gasteiger partial charge < -0.3 is 19.7 Å². The maximum atomic E-state index is 9.79. The van der Waals surface area contributed by atoms with Crippen molar-refractivity contribution in [1.29, 1.82) is 0 Å². The van der Waals surface area contributed by atoms with Crippen molar-refractivity contribution in [2.75, 3.05) is 6.61 Å². The fraction of sp³-hybridized carbons (Fsp3) is 1.00. The Labute approximate surface area is 126 Å². The maximum Gasteiger partial charge on any atom is 0.174 e. The molecule has 2 rings (SSSR count). The Balaban J connectivity index is 0.00000112. The fourth-order valence-electron chi connectivity index (χ4n) is 2.33. The van der Waals surface area contributed by atoms with Gasteiger partial charge in [-0.3, -0.25) is 0 Å². The minimum atomic E-state index is -1.10. The molecule has 2 saturated heterocycles. The van der Waals surface area contributed by atoms with Gasteiger partial charge in [0.15, 0.2) is 11.6 Å². The number of rotatable bonds is 0. The van der Waals surface area contributed by atoms with Gasteiger partial charge in [0.2, 0.25) is 0 Å². The fourth-order valence-corrected chi connectivity index (χ4v) is 2.33. The predicted molar refractivity (Wildman–Crippen MR) is 49.5 cm³/mol. The Hall–Kier alpha value is 1.28. The topological polar surface area (TPSA) is 58.9 Å². The van der Waals surface area contributed by atoms with E-state index in [1.807, 2.05) is 0 Å². The van der Waals surface area contributed by atoms with Crippen LogP contribution >= 0.6 is 0 Å². The Kier molecular flexibility index (Phi) is 5.05. The van der Waals surface area contributed by atoms with Crippen molar-refractivity contribution in [2.24, 2.45) is 0 Å². The van der Waals surface area contributed by atoms with E-state index < -0.39 is 11.6 Å². The zero-order valence-electron chi connectivity index (χ0n) is 9.11. The van der Waals surface area contributed by atoms with Gasteiger partial charge in [-0.15, -0.1) is 0 Å². The van der Waals surface area contributed by atoms with Gasteiger partial charge in [0.25, 0.3) is 0 Å². The zero-order valence-corrected chi connectivity index (χ0v) is 13.9. The van der Waals surface area contributed by atoms with Crippen LogP contribution in [-0.4, -0.2) is 34.5 Å². The summed E-state index contributed by atoms with van der Waals surface area (Å²) in [7, 11) is 0. The normalized spacial score (nSPS) is 46.2. The van der Waals surface area contributed by atoms with E-state index in [-0.39, 0.29) is 50.2 Å². The largest absolute Gasteiger partial charge is 0.393 e. The molecule has 2 aliphatic heterocycles. The third-order valence-electron chi connectivity index (χ3n) is 2.97. The van der Waals surface area contributed by atoms with Crippen LogP contribution in [0.15, 0.2) is 0 Å². The number of hydrogen-bond donors (Lipinski definition) is 2. The monoisotopic (exact) mass is 429 g/mol. The molecule has 3 unspecified atom stereocenters. The van der Waals surface area contributed by atoms with E-state index in [1.54, 1.807) is 6.92 Å². The summed E-state index contributed by atoms with van der Waals surface area (Å²) < 4.78 is 11.1. The predicted octanol–water partition coefficient (Wildman–Crippen LogP) is 0.763. The molecule has 2 N–H and O–H groups in total. The van der Waals surface area contributed by atoms with Crippen molar-refractivity contribution < 1.29 is 63.7 Å². The third-order valence-corrected chi connectivity index (χ3v) is 2.97.